The van der Waals surface area contributed by atoms with Crippen LogP contribution in [0, 0.1) is 17.2 Å². The number of anilines is 2. The minimum Gasteiger partial charge on any atom is -0.393 e. The monoisotopic (exact) mass is 720 g/mol. The number of nitriles is 1. The summed E-state index contributed by atoms with van der Waals surface area (Å²) in [6.07, 6.45) is 6.92. The summed E-state index contributed by atoms with van der Waals surface area (Å²) in [5.74, 6) is -0.741. The number of likely N-dealkylation sites (tertiary alicyclic amines) is 1. The Kier molecular flexibility index (Phi) is 11.0. The third-order valence-electron chi connectivity index (χ3n) is 9.58. The van der Waals surface area contributed by atoms with E-state index in [0.29, 0.717) is 18.8 Å². The number of para-hydroxylation sites is 1. The standard InChI is InChI=1S/C36H42N12O3.C2H6/c1-45(14-13-37)36(51)28-8-3-5-23(41-28)17-47-18-24(19-47)48-30-20-46(2)33-25(26(30)16-40-48)6-4-7-27(33)43-29(32(39)35(50)42-22-11-12-22)15-31(38)44-34(49)21-9-10-21;1-2/h3-8,15-16,21-22,24,43H,9-12,14,17-20,38-39H2,1-2H3,(H,42,50)(H,44,49);1-2H3/b31-15+,32-29+;. The summed E-state index contributed by atoms with van der Waals surface area (Å²) >= 11 is 0. The van der Waals surface area contributed by atoms with E-state index < -0.39 is 5.91 Å². The Labute approximate surface area is 309 Å². The summed E-state index contributed by atoms with van der Waals surface area (Å²) in [4.78, 5) is 48.4. The van der Waals surface area contributed by atoms with Gasteiger partial charge in [-0.3, -0.25) is 24.0 Å². The maximum atomic E-state index is 13.0. The van der Waals surface area contributed by atoms with Gasteiger partial charge in [-0.1, -0.05) is 32.0 Å². The summed E-state index contributed by atoms with van der Waals surface area (Å²) in [7, 11) is 3.60. The Bertz CT molecular complexity index is 1980. The molecule has 7 rings (SSSR count). The van der Waals surface area contributed by atoms with Crippen LogP contribution in [0.3, 0.4) is 0 Å². The molecule has 3 fully saturated rings. The Morgan fingerprint density at radius 3 is 2.49 bits per heavy atom. The molecular formula is C38H48N12O3. The Hall–Kier alpha value is -5.88. The van der Waals surface area contributed by atoms with Gasteiger partial charge in [0.15, 0.2) is 0 Å². The van der Waals surface area contributed by atoms with E-state index in [1.54, 1.807) is 13.1 Å². The molecule has 7 N–H and O–H groups in total. The van der Waals surface area contributed by atoms with Crippen LogP contribution in [0.4, 0.5) is 11.4 Å². The number of hydrogen-bond donors (Lipinski definition) is 5. The molecule has 15 heteroatoms. The number of carbonyl (C=O) groups excluding carboxylic acids is 3. The second-order valence-corrected chi connectivity index (χ2v) is 13.8. The fourth-order valence-electron chi connectivity index (χ4n) is 6.50. The Morgan fingerprint density at radius 1 is 1.06 bits per heavy atom. The lowest BCUT2D eigenvalue weighted by atomic mass is 9.97. The first kappa shape index (κ1) is 36.9. The first-order valence-corrected chi connectivity index (χ1v) is 18.2. The average molecular weight is 721 g/mol. The number of amides is 3. The van der Waals surface area contributed by atoms with Crippen molar-refractivity contribution in [1.29, 1.82) is 5.26 Å². The first-order valence-electron chi connectivity index (χ1n) is 18.2. The molecule has 2 aromatic heterocycles. The summed E-state index contributed by atoms with van der Waals surface area (Å²) in [5.41, 5.74) is 18.8. The normalized spacial score (nSPS) is 17.1. The van der Waals surface area contributed by atoms with Gasteiger partial charge in [0.2, 0.25) is 5.91 Å². The third-order valence-corrected chi connectivity index (χ3v) is 9.58. The number of allylic oxidation sites excluding steroid dienone is 1. The zero-order valence-corrected chi connectivity index (χ0v) is 30.7. The third kappa shape index (κ3) is 8.28. The molecule has 0 unspecified atom stereocenters. The number of aromatic nitrogens is 3. The second kappa shape index (κ2) is 15.8. The molecule has 0 radical (unpaired) electrons. The maximum Gasteiger partial charge on any atom is 0.273 e. The van der Waals surface area contributed by atoms with Crippen molar-refractivity contribution in [1.82, 2.24) is 35.2 Å². The highest BCUT2D eigenvalue weighted by Gasteiger charge is 2.35. The first-order chi connectivity index (χ1) is 25.6. The maximum absolute atomic E-state index is 13.0. The zero-order valence-electron chi connectivity index (χ0n) is 30.7. The van der Waals surface area contributed by atoms with Gasteiger partial charge in [-0.05, 0) is 43.9 Å². The van der Waals surface area contributed by atoms with E-state index in [1.807, 2.05) is 57.4 Å². The van der Waals surface area contributed by atoms with Gasteiger partial charge in [0.05, 0.1) is 53.3 Å². The van der Waals surface area contributed by atoms with Crippen molar-refractivity contribution in [2.75, 3.05) is 43.9 Å². The molecule has 1 saturated heterocycles. The summed E-state index contributed by atoms with van der Waals surface area (Å²) in [5, 5.41) is 22.8. The number of hydrogen-bond acceptors (Lipinski definition) is 11. The van der Waals surface area contributed by atoms with Crippen molar-refractivity contribution in [3.63, 3.8) is 0 Å². The van der Waals surface area contributed by atoms with Crippen LogP contribution in [0.15, 0.2) is 65.9 Å². The van der Waals surface area contributed by atoms with Crippen LogP contribution in [0.2, 0.25) is 0 Å². The minimum absolute atomic E-state index is 0.00366. The van der Waals surface area contributed by atoms with E-state index in [1.165, 1.54) is 11.0 Å². The number of nitrogens with one attached hydrogen (secondary N) is 3. The van der Waals surface area contributed by atoms with E-state index in [4.69, 9.17) is 21.8 Å². The van der Waals surface area contributed by atoms with Crippen molar-refractivity contribution in [3.8, 4) is 17.2 Å². The quantitative estimate of drug-likeness (QED) is 0.105. The molecule has 0 bridgehead atoms. The summed E-state index contributed by atoms with van der Waals surface area (Å²) in [6, 6.07) is 13.6. The van der Waals surface area contributed by atoms with Crippen LogP contribution in [0.25, 0.3) is 11.1 Å². The molecule has 1 aromatic carbocycles. The molecule has 2 aliphatic carbocycles. The second-order valence-electron chi connectivity index (χ2n) is 13.8. The molecule has 4 aliphatic rings. The largest absolute Gasteiger partial charge is 0.393 e. The fraction of sp³-hybridized carbons (Fsp3) is 0.421. The van der Waals surface area contributed by atoms with E-state index in [-0.39, 0.29) is 53.6 Å². The molecule has 15 nitrogen and oxygen atoms in total. The number of benzene rings is 1. The predicted molar refractivity (Wildman–Crippen MR) is 201 cm³/mol. The number of rotatable bonds is 12. The van der Waals surface area contributed by atoms with Crippen molar-refractivity contribution in [2.24, 2.45) is 17.4 Å². The molecule has 278 valence electrons. The van der Waals surface area contributed by atoms with E-state index >= 15 is 0 Å². The van der Waals surface area contributed by atoms with Gasteiger partial charge >= 0.3 is 0 Å². The van der Waals surface area contributed by atoms with E-state index in [0.717, 1.165) is 72.7 Å². The van der Waals surface area contributed by atoms with Gasteiger partial charge in [-0.2, -0.15) is 10.4 Å². The number of nitrogens with two attached hydrogens (primary N) is 2. The lowest BCUT2D eigenvalue weighted by molar-refractivity contribution is -0.121. The van der Waals surface area contributed by atoms with Crippen molar-refractivity contribution < 1.29 is 14.4 Å². The topological polar surface area (TPSA) is 204 Å². The molecule has 3 aromatic rings. The van der Waals surface area contributed by atoms with Crippen LogP contribution >= 0.6 is 0 Å². The highest BCUT2D eigenvalue weighted by atomic mass is 16.2. The number of fused-ring (bicyclic) bond motifs is 3. The van der Waals surface area contributed by atoms with Gasteiger partial charge in [-0.15, -0.1) is 0 Å². The SMILES string of the molecule is CC.CN(CC#N)C(=O)c1cccc(CN2CC(n3ncc4c3CN(C)c3c(NC(/C=C(\N)NC(=O)C5CC5)=C(/N)C(=O)NC5CC5)cccc3-4)C2)n1. The van der Waals surface area contributed by atoms with Gasteiger partial charge in [0.25, 0.3) is 11.8 Å². The van der Waals surface area contributed by atoms with Gasteiger partial charge < -0.3 is 37.2 Å². The highest BCUT2D eigenvalue weighted by molar-refractivity contribution is 5.96. The van der Waals surface area contributed by atoms with Crippen LogP contribution in [0.1, 0.15) is 67.4 Å². The van der Waals surface area contributed by atoms with E-state index in [2.05, 4.69) is 41.5 Å². The molecule has 4 heterocycles. The van der Waals surface area contributed by atoms with Crippen molar-refractivity contribution >= 4 is 29.1 Å². The van der Waals surface area contributed by atoms with Crippen molar-refractivity contribution in [2.45, 2.75) is 64.7 Å². The zero-order chi connectivity index (χ0) is 37.8. The predicted octanol–water partition coefficient (Wildman–Crippen LogP) is 2.76. The lowest BCUT2D eigenvalue weighted by Crippen LogP contribution is -2.48. The van der Waals surface area contributed by atoms with Gasteiger partial charge in [-0.25, -0.2) is 4.98 Å². The van der Waals surface area contributed by atoms with E-state index in [9.17, 15) is 14.4 Å². The molecular weight excluding hydrogens is 672 g/mol. The Balaban J connectivity index is 0.00000236. The fourth-order valence-corrected chi connectivity index (χ4v) is 6.50. The number of pyridine rings is 1. The molecule has 2 saturated carbocycles. The molecule has 0 atom stereocenters. The van der Waals surface area contributed by atoms with Crippen LogP contribution in [-0.4, -0.2) is 82.1 Å². The lowest BCUT2D eigenvalue weighted by Gasteiger charge is -2.40. The smallest absolute Gasteiger partial charge is 0.273 e. The number of nitrogens with zero attached hydrogens (tertiary/aromatic N) is 7. The highest BCUT2D eigenvalue weighted by Crippen LogP contribution is 2.44. The Morgan fingerprint density at radius 2 is 1.79 bits per heavy atom. The molecule has 0 spiro atoms. The summed E-state index contributed by atoms with van der Waals surface area (Å²) < 4.78 is 2.10. The van der Waals surface area contributed by atoms with Crippen LogP contribution < -0.4 is 32.3 Å². The van der Waals surface area contributed by atoms with Gasteiger partial charge in [0.1, 0.15) is 23.8 Å². The number of carbonyl (C=O) groups is 3. The summed E-state index contributed by atoms with van der Waals surface area (Å²) in [6.45, 7) is 6.76. The van der Waals surface area contributed by atoms with Crippen LogP contribution in [-0.2, 0) is 22.7 Å². The van der Waals surface area contributed by atoms with Gasteiger partial charge in [0, 0.05) is 62.9 Å². The van der Waals surface area contributed by atoms with Crippen molar-refractivity contribution in [3.05, 3.63) is 83.0 Å². The van der Waals surface area contributed by atoms with Crippen LogP contribution in [0.5, 0.6) is 0 Å². The average Bonchev–Trinajstić information content (AvgIpc) is 4.08. The molecule has 3 amide bonds. The molecule has 53 heavy (non-hydrogen) atoms. The minimum atomic E-state index is -0.394. The molecule has 2 aliphatic heterocycles.